The van der Waals surface area contributed by atoms with Crippen LogP contribution in [0.5, 0.6) is 0 Å². The predicted octanol–water partition coefficient (Wildman–Crippen LogP) is 2.76. The molecule has 0 bridgehead atoms. The number of sulfonamides is 1. The van der Waals surface area contributed by atoms with Gasteiger partial charge in [0.15, 0.2) is 0 Å². The summed E-state index contributed by atoms with van der Waals surface area (Å²) in [6.45, 7) is 0.189. The summed E-state index contributed by atoms with van der Waals surface area (Å²) in [6, 6.07) is 6.13. The third-order valence-corrected chi connectivity index (χ3v) is 4.61. The Morgan fingerprint density at radius 1 is 1.29 bits per heavy atom. The normalized spacial score (nSPS) is 12.8. The average Bonchev–Trinajstić information content (AvgIpc) is 2.32. The number of nitrogens with zero attached hydrogens (tertiary/aromatic N) is 1. The maximum absolute atomic E-state index is 12.5. The highest BCUT2D eigenvalue weighted by Crippen LogP contribution is 2.21. The number of rotatable bonds is 7. The molecule has 0 aromatic heterocycles. The Labute approximate surface area is 122 Å². The monoisotopic (exact) mass is 324 g/mol. The van der Waals surface area contributed by atoms with Crippen molar-refractivity contribution in [2.45, 2.75) is 31.7 Å². The number of nitrogen functional groups attached to an aromatic ring is 1. The average molecular weight is 324 g/mol. The van der Waals surface area contributed by atoms with Crippen molar-refractivity contribution in [3.63, 3.8) is 0 Å². The van der Waals surface area contributed by atoms with Crippen molar-refractivity contribution >= 4 is 15.7 Å². The van der Waals surface area contributed by atoms with Crippen LogP contribution in [0.25, 0.3) is 0 Å². The van der Waals surface area contributed by atoms with E-state index in [4.69, 9.17) is 5.73 Å². The second kappa shape index (κ2) is 7.13. The van der Waals surface area contributed by atoms with E-state index in [9.17, 15) is 21.6 Å². The summed E-state index contributed by atoms with van der Waals surface area (Å²) in [4.78, 5) is 0. The van der Waals surface area contributed by atoms with Crippen molar-refractivity contribution < 1.29 is 21.6 Å². The number of hydrogen-bond acceptors (Lipinski definition) is 3. The van der Waals surface area contributed by atoms with Crippen molar-refractivity contribution in [1.82, 2.24) is 4.31 Å². The number of halogens is 3. The lowest BCUT2D eigenvalue weighted by molar-refractivity contribution is -0.136. The zero-order valence-electron chi connectivity index (χ0n) is 11.7. The van der Waals surface area contributed by atoms with E-state index in [1.807, 2.05) is 0 Å². The minimum Gasteiger partial charge on any atom is -0.399 e. The summed E-state index contributed by atoms with van der Waals surface area (Å²) >= 11 is 0. The first-order chi connectivity index (χ1) is 9.64. The van der Waals surface area contributed by atoms with Crippen molar-refractivity contribution in [3.05, 3.63) is 29.8 Å². The van der Waals surface area contributed by atoms with Gasteiger partial charge < -0.3 is 5.73 Å². The van der Waals surface area contributed by atoms with Crippen LogP contribution >= 0.6 is 0 Å². The molecule has 0 saturated carbocycles. The van der Waals surface area contributed by atoms with Crippen molar-refractivity contribution in [1.29, 1.82) is 0 Å². The van der Waals surface area contributed by atoms with Crippen LogP contribution in [0.15, 0.2) is 24.3 Å². The van der Waals surface area contributed by atoms with Crippen LogP contribution in [0.1, 0.15) is 25.3 Å². The fourth-order valence-electron chi connectivity index (χ4n) is 1.84. The first-order valence-electron chi connectivity index (χ1n) is 6.53. The summed E-state index contributed by atoms with van der Waals surface area (Å²) in [5.74, 6) is -0.488. The Balaban J connectivity index is 2.92. The van der Waals surface area contributed by atoms with Crippen LogP contribution in [0.4, 0.5) is 18.9 Å². The van der Waals surface area contributed by atoms with Crippen molar-refractivity contribution in [2.24, 2.45) is 0 Å². The van der Waals surface area contributed by atoms with E-state index >= 15 is 0 Å². The van der Waals surface area contributed by atoms with E-state index in [1.165, 1.54) is 12.1 Å². The van der Waals surface area contributed by atoms with Gasteiger partial charge in [-0.15, -0.1) is 0 Å². The summed E-state index contributed by atoms with van der Waals surface area (Å²) in [6.07, 6.45) is -3.56. The third kappa shape index (κ3) is 6.34. The van der Waals surface area contributed by atoms with Gasteiger partial charge in [-0.05, 0) is 24.1 Å². The Morgan fingerprint density at radius 3 is 2.48 bits per heavy atom. The summed E-state index contributed by atoms with van der Waals surface area (Å²) in [7, 11) is -4.04. The second-order valence-electron chi connectivity index (χ2n) is 4.80. The molecule has 1 rings (SSSR count). The van der Waals surface area contributed by atoms with Gasteiger partial charge in [0.25, 0.3) is 0 Å². The van der Waals surface area contributed by atoms with Gasteiger partial charge in [-0.3, -0.25) is 0 Å². The molecular formula is C13H19F3N2O2S. The minimum atomic E-state index is -4.56. The van der Waals surface area contributed by atoms with Crippen molar-refractivity contribution in [2.75, 3.05) is 18.8 Å². The molecule has 0 aliphatic heterocycles. The maximum Gasteiger partial charge on any atom is 0.402 e. The molecule has 8 heteroatoms. The van der Waals surface area contributed by atoms with Crippen LogP contribution in [0.3, 0.4) is 0 Å². The molecule has 0 radical (unpaired) electrons. The van der Waals surface area contributed by atoms with Gasteiger partial charge in [0, 0.05) is 12.2 Å². The molecule has 0 atom stereocenters. The molecule has 0 amide bonds. The zero-order valence-corrected chi connectivity index (χ0v) is 12.5. The number of nitrogens with two attached hydrogens (primary N) is 1. The number of hydrogen-bond donors (Lipinski definition) is 1. The highest BCUT2D eigenvalue weighted by Gasteiger charge is 2.35. The first kappa shape index (κ1) is 17.8. The fraction of sp³-hybridized carbons (Fsp3) is 0.538. The molecule has 0 fully saturated rings. The van der Waals surface area contributed by atoms with Gasteiger partial charge in [0.05, 0.1) is 5.75 Å². The first-order valence-corrected chi connectivity index (χ1v) is 8.14. The standard InChI is InChI=1S/C13H19F3N2O2S/c1-2-3-7-18(10-13(14,15)16)21(19,20)9-11-5-4-6-12(17)8-11/h4-6,8H,2-3,7,9-10,17H2,1H3. The molecule has 1 aromatic rings. The second-order valence-corrected chi connectivity index (χ2v) is 6.77. The molecule has 0 aliphatic rings. The Morgan fingerprint density at radius 2 is 1.95 bits per heavy atom. The lowest BCUT2D eigenvalue weighted by Gasteiger charge is -2.23. The Bertz CT molecular complexity index is 559. The number of alkyl halides is 3. The molecule has 0 heterocycles. The van der Waals surface area contributed by atoms with Crippen molar-refractivity contribution in [3.8, 4) is 0 Å². The van der Waals surface area contributed by atoms with Crippen LogP contribution < -0.4 is 5.73 Å². The largest absolute Gasteiger partial charge is 0.402 e. The lowest BCUT2D eigenvalue weighted by atomic mass is 10.2. The molecule has 1 aromatic carbocycles. The van der Waals surface area contributed by atoms with E-state index in [1.54, 1.807) is 19.1 Å². The van der Waals surface area contributed by atoms with Gasteiger partial charge in [0.2, 0.25) is 10.0 Å². The third-order valence-electron chi connectivity index (χ3n) is 2.81. The van der Waals surface area contributed by atoms with E-state index in [2.05, 4.69) is 0 Å². The van der Waals surface area contributed by atoms with Gasteiger partial charge in [-0.2, -0.15) is 17.5 Å². The van der Waals surface area contributed by atoms with Crippen LogP contribution in [0, 0.1) is 0 Å². The SMILES string of the molecule is CCCCN(CC(F)(F)F)S(=O)(=O)Cc1cccc(N)c1. The number of unbranched alkanes of at least 4 members (excludes halogenated alkanes) is 1. The van der Waals surface area contributed by atoms with Crippen LogP contribution in [0.2, 0.25) is 0 Å². The van der Waals surface area contributed by atoms with E-state index in [0.717, 1.165) is 0 Å². The highest BCUT2D eigenvalue weighted by molar-refractivity contribution is 7.88. The van der Waals surface area contributed by atoms with E-state index in [-0.39, 0.29) is 6.54 Å². The van der Waals surface area contributed by atoms with Gasteiger partial charge in [-0.25, -0.2) is 8.42 Å². The molecule has 0 saturated heterocycles. The summed E-state index contributed by atoms with van der Waals surface area (Å²) < 4.78 is 62.5. The molecule has 120 valence electrons. The highest BCUT2D eigenvalue weighted by atomic mass is 32.2. The molecule has 4 nitrogen and oxygen atoms in total. The van der Waals surface area contributed by atoms with Gasteiger partial charge >= 0.3 is 6.18 Å². The number of benzene rings is 1. The van der Waals surface area contributed by atoms with E-state index < -0.39 is 28.5 Å². The summed E-state index contributed by atoms with van der Waals surface area (Å²) in [5.41, 5.74) is 6.29. The minimum absolute atomic E-state index is 0.138. The molecular weight excluding hydrogens is 305 g/mol. The van der Waals surface area contributed by atoms with Gasteiger partial charge in [-0.1, -0.05) is 25.5 Å². The quantitative estimate of drug-likeness (QED) is 0.785. The molecule has 0 unspecified atom stereocenters. The molecule has 0 aliphatic carbocycles. The smallest absolute Gasteiger partial charge is 0.399 e. The van der Waals surface area contributed by atoms with E-state index in [0.29, 0.717) is 28.4 Å². The maximum atomic E-state index is 12.5. The summed E-state index contributed by atoms with van der Waals surface area (Å²) in [5, 5.41) is 0. The van der Waals surface area contributed by atoms with Crippen LogP contribution in [-0.2, 0) is 15.8 Å². The van der Waals surface area contributed by atoms with Gasteiger partial charge in [0.1, 0.15) is 6.54 Å². The fourth-order valence-corrected chi connectivity index (χ4v) is 3.37. The number of anilines is 1. The Hall–Kier alpha value is -1.28. The topological polar surface area (TPSA) is 63.4 Å². The zero-order chi connectivity index (χ0) is 16.1. The lowest BCUT2D eigenvalue weighted by Crippen LogP contribution is -2.40. The predicted molar refractivity (Wildman–Crippen MR) is 76.0 cm³/mol. The molecule has 21 heavy (non-hydrogen) atoms. The Kier molecular flexibility index (Phi) is 6.03. The molecule has 2 N–H and O–H groups in total. The van der Waals surface area contributed by atoms with Crippen LogP contribution in [-0.4, -0.2) is 32.0 Å². The molecule has 0 spiro atoms.